The number of hydrogen-bond donors (Lipinski definition) is 2. The molecule has 3 aromatic heterocycles. The number of pyridine rings is 1. The minimum atomic E-state index is -0.664. The van der Waals surface area contributed by atoms with Crippen LogP contribution in [0.4, 0.5) is 19.7 Å². The topological polar surface area (TPSA) is 114 Å². The van der Waals surface area contributed by atoms with Crippen molar-refractivity contribution in [1.82, 2.24) is 29.7 Å². The summed E-state index contributed by atoms with van der Waals surface area (Å²) in [4.78, 5) is 32.8. The Labute approximate surface area is 250 Å². The molecule has 10 nitrogen and oxygen atoms in total. The van der Waals surface area contributed by atoms with Gasteiger partial charge in [-0.2, -0.15) is 9.97 Å². The molecule has 1 saturated carbocycles. The van der Waals surface area contributed by atoms with E-state index in [0.29, 0.717) is 11.4 Å². The third-order valence-corrected chi connectivity index (χ3v) is 10.6. The molecule has 1 aromatic carbocycles. The molecule has 1 aliphatic carbocycles. The van der Waals surface area contributed by atoms with Crippen molar-refractivity contribution in [3.05, 3.63) is 34.1 Å². The molecule has 6 heterocycles. The molecule has 3 aliphatic heterocycles. The maximum atomic E-state index is 17.2. The van der Waals surface area contributed by atoms with Gasteiger partial charge in [-0.1, -0.05) is 11.3 Å². The summed E-state index contributed by atoms with van der Waals surface area (Å²) in [5.74, 6) is -0.717. The lowest BCUT2D eigenvalue weighted by atomic mass is 10.1. The zero-order valence-electron chi connectivity index (χ0n) is 24.1. The number of nitrogens with one attached hydrogen (secondary N) is 1. The van der Waals surface area contributed by atoms with Crippen molar-refractivity contribution in [2.75, 3.05) is 37.3 Å². The van der Waals surface area contributed by atoms with Gasteiger partial charge in [-0.05, 0) is 71.2 Å². The molecule has 3 saturated heterocycles. The molecule has 8 rings (SSSR count). The highest BCUT2D eigenvalue weighted by molar-refractivity contribution is 7.22. The van der Waals surface area contributed by atoms with Crippen molar-refractivity contribution >= 4 is 43.4 Å². The molecule has 4 aromatic rings. The second-order valence-electron chi connectivity index (χ2n) is 12.4. The van der Waals surface area contributed by atoms with Crippen LogP contribution in [0.5, 0.6) is 6.01 Å². The van der Waals surface area contributed by atoms with E-state index < -0.39 is 11.6 Å². The minimum Gasteiger partial charge on any atom is -0.459 e. The fraction of sp³-hybridized carbons (Fsp3) is 0.533. The van der Waals surface area contributed by atoms with Crippen LogP contribution in [0.1, 0.15) is 51.5 Å². The van der Waals surface area contributed by atoms with Gasteiger partial charge in [0.15, 0.2) is 10.9 Å². The number of rotatable bonds is 6. The summed E-state index contributed by atoms with van der Waals surface area (Å²) in [6, 6.07) is 3.09. The second kappa shape index (κ2) is 10.1. The largest absolute Gasteiger partial charge is 0.459 e. The van der Waals surface area contributed by atoms with E-state index in [4.69, 9.17) is 15.5 Å². The number of aromatic nitrogens is 4. The average Bonchev–Trinajstić information content (AvgIpc) is 3.51. The lowest BCUT2D eigenvalue weighted by Gasteiger charge is -2.37. The molecule has 0 amide bonds. The lowest BCUT2D eigenvalue weighted by molar-refractivity contribution is 0.112. The van der Waals surface area contributed by atoms with Gasteiger partial charge in [0.25, 0.3) is 5.56 Å². The number of ether oxygens (including phenoxy) is 1. The van der Waals surface area contributed by atoms with Crippen LogP contribution in [-0.2, 0) is 0 Å². The summed E-state index contributed by atoms with van der Waals surface area (Å²) in [5, 5.41) is 3.81. The molecule has 4 fully saturated rings. The number of nitrogen functional groups attached to an aromatic ring is 1. The number of nitrogens with two attached hydrogens (primary N) is 1. The molecule has 4 aliphatic rings. The predicted molar refractivity (Wildman–Crippen MR) is 163 cm³/mol. The lowest BCUT2D eigenvalue weighted by Crippen LogP contribution is -2.52. The first-order valence-electron chi connectivity index (χ1n) is 15.2. The standard InChI is InChI=1S/C30H34F2N8O2S/c1-14(20-4-3-11-38(20)2)42-30-36-24-21(27(37-30)39-16-7-8-17(39)13-34-12-16)28(41)40(15-5-6-15)25(22(24)32)18-9-10-19(31)26-23(18)35-29(33)43-26/h9-10,14-17,20,34H,3-8,11-13H2,1-2H3,(H2,33,35)/t14-,16-,17+,20-/m0/s1. The van der Waals surface area contributed by atoms with E-state index >= 15 is 4.39 Å². The normalized spacial score (nSPS) is 24.8. The van der Waals surface area contributed by atoms with Crippen molar-refractivity contribution < 1.29 is 13.5 Å². The highest BCUT2D eigenvalue weighted by Gasteiger charge is 2.41. The molecular weight excluding hydrogens is 574 g/mol. The van der Waals surface area contributed by atoms with Crippen LogP contribution in [0.25, 0.3) is 32.4 Å². The number of fused-ring (bicyclic) bond motifs is 4. The second-order valence-corrected chi connectivity index (χ2v) is 13.4. The molecule has 3 N–H and O–H groups in total. The Hall–Kier alpha value is -3.42. The quantitative estimate of drug-likeness (QED) is 0.335. The Bertz CT molecular complexity index is 1810. The van der Waals surface area contributed by atoms with E-state index in [1.807, 2.05) is 6.92 Å². The van der Waals surface area contributed by atoms with Gasteiger partial charge in [-0.3, -0.25) is 9.69 Å². The van der Waals surface area contributed by atoms with Crippen LogP contribution in [0, 0.1) is 11.6 Å². The highest BCUT2D eigenvalue weighted by Crippen LogP contribution is 2.44. The molecule has 0 radical (unpaired) electrons. The zero-order chi connectivity index (χ0) is 29.6. The van der Waals surface area contributed by atoms with Gasteiger partial charge in [0.05, 0.1) is 15.9 Å². The summed E-state index contributed by atoms with van der Waals surface area (Å²) in [5.41, 5.74) is 6.14. The third-order valence-electron chi connectivity index (χ3n) is 9.67. The summed E-state index contributed by atoms with van der Waals surface area (Å²) >= 11 is 1.00. The molecule has 13 heteroatoms. The Kier molecular flexibility index (Phi) is 6.35. The summed E-state index contributed by atoms with van der Waals surface area (Å²) < 4.78 is 40.0. The van der Waals surface area contributed by atoms with Crippen molar-refractivity contribution in [2.45, 2.75) is 75.7 Å². The maximum absolute atomic E-state index is 17.2. The number of hydrogen-bond acceptors (Lipinski definition) is 10. The van der Waals surface area contributed by atoms with Gasteiger partial charge in [0, 0.05) is 42.8 Å². The number of likely N-dealkylation sites (tertiary alicyclic amines) is 1. The summed E-state index contributed by atoms with van der Waals surface area (Å²) in [6.07, 6.45) is 5.23. The molecule has 0 unspecified atom stereocenters. The van der Waals surface area contributed by atoms with Gasteiger partial charge in [0.1, 0.15) is 28.6 Å². The Balaban J connectivity index is 1.39. The first-order chi connectivity index (χ1) is 20.8. The Morgan fingerprint density at radius 2 is 1.79 bits per heavy atom. The number of halogens is 2. The van der Waals surface area contributed by atoms with Crippen LogP contribution in [-0.4, -0.2) is 75.3 Å². The Morgan fingerprint density at radius 3 is 2.49 bits per heavy atom. The van der Waals surface area contributed by atoms with Gasteiger partial charge >= 0.3 is 6.01 Å². The number of anilines is 2. The molecule has 226 valence electrons. The van der Waals surface area contributed by atoms with Gasteiger partial charge < -0.3 is 25.3 Å². The van der Waals surface area contributed by atoms with Crippen LogP contribution in [0.15, 0.2) is 16.9 Å². The number of thiazole rings is 1. The molecule has 2 bridgehead atoms. The maximum Gasteiger partial charge on any atom is 0.319 e. The van der Waals surface area contributed by atoms with Crippen molar-refractivity contribution in [1.29, 1.82) is 0 Å². The van der Waals surface area contributed by atoms with E-state index in [1.54, 1.807) is 0 Å². The van der Waals surface area contributed by atoms with Crippen LogP contribution in [0.3, 0.4) is 0 Å². The number of benzene rings is 1. The van der Waals surface area contributed by atoms with Crippen molar-refractivity contribution in [3.63, 3.8) is 0 Å². The first kappa shape index (κ1) is 27.2. The molecular formula is C30H34F2N8O2S. The van der Waals surface area contributed by atoms with Crippen LogP contribution >= 0.6 is 11.3 Å². The fourth-order valence-corrected chi connectivity index (χ4v) is 8.24. The zero-order valence-corrected chi connectivity index (χ0v) is 25.0. The van der Waals surface area contributed by atoms with Crippen LogP contribution in [0.2, 0.25) is 0 Å². The number of piperazine rings is 1. The number of nitrogens with zero attached hydrogens (tertiary/aromatic N) is 6. The number of likely N-dealkylation sites (N-methyl/N-ethyl adjacent to an activating group) is 1. The fourth-order valence-electron chi connectivity index (χ4n) is 7.47. The van der Waals surface area contributed by atoms with E-state index in [9.17, 15) is 9.18 Å². The smallest absolute Gasteiger partial charge is 0.319 e. The van der Waals surface area contributed by atoms with Gasteiger partial charge in [-0.25, -0.2) is 13.8 Å². The Morgan fingerprint density at radius 1 is 1.05 bits per heavy atom. The van der Waals surface area contributed by atoms with E-state index in [2.05, 4.69) is 32.1 Å². The van der Waals surface area contributed by atoms with Gasteiger partial charge in [-0.15, -0.1) is 0 Å². The minimum absolute atomic E-state index is 0.0535. The molecule has 0 spiro atoms. The highest BCUT2D eigenvalue weighted by atomic mass is 32.1. The third kappa shape index (κ3) is 4.30. The molecule has 4 atom stereocenters. The van der Waals surface area contributed by atoms with E-state index in [0.717, 1.165) is 69.5 Å². The van der Waals surface area contributed by atoms with Crippen LogP contribution < -0.4 is 26.2 Å². The van der Waals surface area contributed by atoms with Gasteiger partial charge in [0.2, 0.25) is 0 Å². The molecule has 43 heavy (non-hydrogen) atoms. The summed E-state index contributed by atoms with van der Waals surface area (Å²) in [6.45, 7) is 4.50. The SMILES string of the molecule is C[C@H](Oc1nc(N2[C@@H]3CC[C@H]2CNC3)c2c(=O)n(C3CC3)c(-c3ccc(F)c4sc(N)nc34)c(F)c2n1)[C@@H]1CCCN1C. The van der Waals surface area contributed by atoms with Crippen molar-refractivity contribution in [2.24, 2.45) is 0 Å². The average molecular weight is 609 g/mol. The summed E-state index contributed by atoms with van der Waals surface area (Å²) in [7, 11) is 2.07. The van der Waals surface area contributed by atoms with E-state index in [1.165, 1.54) is 16.7 Å². The van der Waals surface area contributed by atoms with E-state index in [-0.39, 0.29) is 73.8 Å². The first-order valence-corrected chi connectivity index (χ1v) is 16.0. The van der Waals surface area contributed by atoms with Crippen molar-refractivity contribution in [3.8, 4) is 17.3 Å². The predicted octanol–water partition coefficient (Wildman–Crippen LogP) is 4.07. The monoisotopic (exact) mass is 608 g/mol.